The predicted octanol–water partition coefficient (Wildman–Crippen LogP) is 5.60. The molecule has 0 saturated heterocycles. The number of carboxylic acid groups (broad SMARTS) is 1. The van der Waals surface area contributed by atoms with Crippen LogP contribution in [0.2, 0.25) is 0 Å². The van der Waals surface area contributed by atoms with E-state index in [-0.39, 0.29) is 18.4 Å². The Kier molecular flexibility index (Phi) is 5.03. The number of aryl methyl sites for hydroxylation is 1. The second-order valence-electron chi connectivity index (χ2n) is 8.68. The summed E-state index contributed by atoms with van der Waals surface area (Å²) < 4.78 is 13.0. The first-order valence-corrected chi connectivity index (χ1v) is 11.4. The summed E-state index contributed by atoms with van der Waals surface area (Å²) >= 11 is 0. The van der Waals surface area contributed by atoms with Crippen molar-refractivity contribution >= 4 is 16.7 Å². The lowest BCUT2D eigenvalue weighted by Crippen LogP contribution is -2.14. The number of nitrogens with zero attached hydrogens (tertiary/aromatic N) is 2. The van der Waals surface area contributed by atoms with Crippen molar-refractivity contribution in [3.63, 3.8) is 0 Å². The standard InChI is InChI=1S/C28H23N3O4/c1-17-27(30-15-29-17)24(11-18-9-10-25-26(12-18)35-16-34-25)31-13-22(23(14-31)28(32)33)21-8-4-6-19-5-2-3-7-20(19)21/h2-10,12-15,24H,11,16H2,1H3,(H,29,30)(H,32,33). The van der Waals surface area contributed by atoms with E-state index < -0.39 is 5.97 Å². The molecule has 2 N–H and O–H groups in total. The summed E-state index contributed by atoms with van der Waals surface area (Å²) in [5.74, 6) is 0.482. The van der Waals surface area contributed by atoms with Crippen LogP contribution < -0.4 is 9.47 Å². The normalized spacial score (nSPS) is 13.3. The number of hydrogen-bond donors (Lipinski definition) is 2. The van der Waals surface area contributed by atoms with Gasteiger partial charge in [0, 0.05) is 23.7 Å². The monoisotopic (exact) mass is 465 g/mol. The smallest absolute Gasteiger partial charge is 0.337 e. The van der Waals surface area contributed by atoms with E-state index in [1.54, 1.807) is 12.5 Å². The highest BCUT2D eigenvalue weighted by Gasteiger charge is 2.25. The SMILES string of the molecule is Cc1[nH]cnc1C(Cc1ccc2c(c1)OCO2)n1cc(C(=O)O)c(-c2cccc3ccccc23)c1. The quantitative estimate of drug-likeness (QED) is 0.341. The molecule has 1 atom stereocenters. The predicted molar refractivity (Wildman–Crippen MR) is 132 cm³/mol. The largest absolute Gasteiger partial charge is 0.478 e. The average molecular weight is 466 g/mol. The van der Waals surface area contributed by atoms with Crippen LogP contribution in [0, 0.1) is 6.92 Å². The number of aromatic amines is 1. The van der Waals surface area contributed by atoms with E-state index in [0.717, 1.165) is 44.8 Å². The minimum Gasteiger partial charge on any atom is -0.478 e. The zero-order valence-corrected chi connectivity index (χ0v) is 19.1. The molecule has 174 valence electrons. The first-order valence-electron chi connectivity index (χ1n) is 11.4. The van der Waals surface area contributed by atoms with Crippen LogP contribution in [0.25, 0.3) is 21.9 Å². The minimum absolute atomic E-state index is 0.217. The second-order valence-corrected chi connectivity index (χ2v) is 8.68. The number of hydrogen-bond acceptors (Lipinski definition) is 4. The number of rotatable bonds is 6. The van der Waals surface area contributed by atoms with Gasteiger partial charge in [-0.3, -0.25) is 0 Å². The highest BCUT2D eigenvalue weighted by Crippen LogP contribution is 2.37. The van der Waals surface area contributed by atoms with Crippen LogP contribution in [-0.4, -0.2) is 32.4 Å². The van der Waals surface area contributed by atoms with Gasteiger partial charge in [0.25, 0.3) is 0 Å². The maximum absolute atomic E-state index is 12.3. The molecular formula is C28H23N3O4. The van der Waals surface area contributed by atoms with E-state index >= 15 is 0 Å². The summed E-state index contributed by atoms with van der Waals surface area (Å²) in [4.78, 5) is 20.1. The zero-order valence-electron chi connectivity index (χ0n) is 19.1. The van der Waals surface area contributed by atoms with Crippen molar-refractivity contribution in [1.82, 2.24) is 14.5 Å². The fourth-order valence-electron chi connectivity index (χ4n) is 4.84. The third-order valence-electron chi connectivity index (χ3n) is 6.57. The van der Waals surface area contributed by atoms with E-state index in [4.69, 9.17) is 9.47 Å². The Hall–Kier alpha value is -4.52. The fourth-order valence-corrected chi connectivity index (χ4v) is 4.84. The van der Waals surface area contributed by atoms with E-state index in [1.807, 2.05) is 78.4 Å². The topological polar surface area (TPSA) is 89.4 Å². The zero-order chi connectivity index (χ0) is 23.9. The minimum atomic E-state index is -0.965. The van der Waals surface area contributed by atoms with Crippen molar-refractivity contribution in [2.75, 3.05) is 6.79 Å². The van der Waals surface area contributed by atoms with Gasteiger partial charge in [0.1, 0.15) is 0 Å². The third-order valence-corrected chi connectivity index (χ3v) is 6.57. The van der Waals surface area contributed by atoms with Gasteiger partial charge in [-0.1, -0.05) is 48.5 Å². The van der Waals surface area contributed by atoms with Gasteiger partial charge in [0.15, 0.2) is 11.5 Å². The number of H-pyrrole nitrogens is 1. The van der Waals surface area contributed by atoms with Crippen molar-refractivity contribution in [3.05, 3.63) is 102 Å². The molecular weight excluding hydrogens is 442 g/mol. The number of nitrogens with one attached hydrogen (secondary N) is 1. The summed E-state index contributed by atoms with van der Waals surface area (Å²) in [7, 11) is 0. The number of aromatic nitrogens is 3. The van der Waals surface area contributed by atoms with Crippen LogP contribution in [0.3, 0.4) is 0 Å². The molecule has 7 heteroatoms. The summed E-state index contributed by atoms with van der Waals surface area (Å²) in [6.45, 7) is 2.19. The van der Waals surface area contributed by atoms with Crippen LogP contribution in [0.1, 0.15) is 33.4 Å². The molecule has 1 unspecified atom stereocenters. The third kappa shape index (κ3) is 3.71. The highest BCUT2D eigenvalue weighted by atomic mass is 16.7. The number of carbonyl (C=O) groups is 1. The molecule has 0 fully saturated rings. The van der Waals surface area contributed by atoms with Crippen molar-refractivity contribution < 1.29 is 19.4 Å². The lowest BCUT2D eigenvalue weighted by molar-refractivity contribution is 0.0697. The molecule has 35 heavy (non-hydrogen) atoms. The van der Waals surface area contributed by atoms with Crippen molar-refractivity contribution in [1.29, 1.82) is 0 Å². The van der Waals surface area contributed by atoms with Crippen LogP contribution in [0.15, 0.2) is 79.4 Å². The van der Waals surface area contributed by atoms with Crippen LogP contribution in [-0.2, 0) is 6.42 Å². The van der Waals surface area contributed by atoms with Crippen LogP contribution in [0.5, 0.6) is 11.5 Å². The molecule has 2 aromatic heterocycles. The van der Waals surface area contributed by atoms with Crippen molar-refractivity contribution in [2.24, 2.45) is 0 Å². The molecule has 0 amide bonds. The first kappa shape index (κ1) is 21.0. The Bertz CT molecular complexity index is 1560. The lowest BCUT2D eigenvalue weighted by atomic mass is 9.98. The number of carboxylic acids is 1. The van der Waals surface area contributed by atoms with Gasteiger partial charge >= 0.3 is 5.97 Å². The Morgan fingerprint density at radius 1 is 1.06 bits per heavy atom. The second kappa shape index (κ2) is 8.36. The molecule has 7 nitrogen and oxygen atoms in total. The molecule has 3 heterocycles. The van der Waals surface area contributed by atoms with Crippen molar-refractivity contribution in [3.8, 4) is 22.6 Å². The summed E-state index contributed by atoms with van der Waals surface area (Å²) in [5.41, 5.74) is 4.66. The average Bonchev–Trinajstić information content (AvgIpc) is 3.61. The Labute approximate surface area is 201 Å². The molecule has 1 aliphatic rings. The van der Waals surface area contributed by atoms with Crippen LogP contribution in [0.4, 0.5) is 0 Å². The summed E-state index contributed by atoms with van der Waals surface area (Å²) in [5, 5.41) is 12.2. The number of benzene rings is 3. The Morgan fingerprint density at radius 2 is 1.89 bits per heavy atom. The van der Waals surface area contributed by atoms with Gasteiger partial charge in [0.2, 0.25) is 6.79 Å². The fraction of sp³-hybridized carbons (Fsp3) is 0.143. The number of aromatic carboxylic acids is 1. The molecule has 0 aliphatic carbocycles. The van der Waals surface area contributed by atoms with E-state index in [1.165, 1.54) is 0 Å². The van der Waals surface area contributed by atoms with E-state index in [9.17, 15) is 9.90 Å². The Balaban J connectivity index is 1.49. The molecule has 0 bridgehead atoms. The van der Waals surface area contributed by atoms with Gasteiger partial charge in [0.05, 0.1) is 23.6 Å². The van der Waals surface area contributed by atoms with Gasteiger partial charge in [-0.25, -0.2) is 9.78 Å². The summed E-state index contributed by atoms with van der Waals surface area (Å²) in [6.07, 6.45) is 5.91. The molecule has 1 aliphatic heterocycles. The molecule has 0 saturated carbocycles. The number of fused-ring (bicyclic) bond motifs is 2. The molecule has 0 spiro atoms. The van der Waals surface area contributed by atoms with Gasteiger partial charge in [-0.2, -0.15) is 0 Å². The number of ether oxygens (including phenoxy) is 2. The molecule has 0 radical (unpaired) electrons. The maximum atomic E-state index is 12.3. The van der Waals surface area contributed by atoms with Gasteiger partial charge in [-0.05, 0) is 47.4 Å². The molecule has 3 aromatic carbocycles. The van der Waals surface area contributed by atoms with Crippen molar-refractivity contribution in [2.45, 2.75) is 19.4 Å². The van der Waals surface area contributed by atoms with E-state index in [2.05, 4.69) is 9.97 Å². The van der Waals surface area contributed by atoms with E-state index in [0.29, 0.717) is 12.0 Å². The number of imidazole rings is 1. The first-order chi connectivity index (χ1) is 17.1. The lowest BCUT2D eigenvalue weighted by Gasteiger charge is -2.19. The molecule has 6 rings (SSSR count). The molecule has 5 aromatic rings. The van der Waals surface area contributed by atoms with Gasteiger partial charge in [-0.15, -0.1) is 0 Å². The van der Waals surface area contributed by atoms with Gasteiger partial charge < -0.3 is 24.1 Å². The maximum Gasteiger partial charge on any atom is 0.337 e. The Morgan fingerprint density at radius 3 is 2.71 bits per heavy atom. The highest BCUT2D eigenvalue weighted by molar-refractivity contribution is 6.03. The summed E-state index contributed by atoms with van der Waals surface area (Å²) in [6, 6.07) is 19.7. The van der Waals surface area contributed by atoms with Crippen LogP contribution >= 0.6 is 0 Å².